The van der Waals surface area contributed by atoms with E-state index in [0.717, 1.165) is 5.71 Å². The van der Waals surface area contributed by atoms with Gasteiger partial charge >= 0.3 is 0 Å². The lowest BCUT2D eigenvalue weighted by molar-refractivity contribution is -0.120. The molecule has 1 aromatic carbocycles. The van der Waals surface area contributed by atoms with Gasteiger partial charge in [0.05, 0.1) is 12.1 Å². The van der Waals surface area contributed by atoms with Crippen LogP contribution in [0, 0.1) is 5.92 Å². The molecule has 0 fully saturated rings. The predicted molar refractivity (Wildman–Crippen MR) is 82.6 cm³/mol. The standard InChI is InChI=1S/C14H18BrN3O2/c1-9(2)10(3)17-18-13(19)8-16-14(20)11-6-4-5-7-12(11)15/h4-7,9H,8H2,1-3H3,(H,16,20)(H,18,19). The molecule has 6 heteroatoms. The summed E-state index contributed by atoms with van der Waals surface area (Å²) in [6, 6.07) is 7.02. The summed E-state index contributed by atoms with van der Waals surface area (Å²) in [5.41, 5.74) is 3.73. The van der Waals surface area contributed by atoms with Gasteiger partial charge in [-0.2, -0.15) is 5.10 Å². The van der Waals surface area contributed by atoms with Crippen LogP contribution in [-0.4, -0.2) is 24.1 Å². The van der Waals surface area contributed by atoms with Crippen molar-refractivity contribution in [3.05, 3.63) is 34.3 Å². The number of rotatable bonds is 5. The van der Waals surface area contributed by atoms with Crippen LogP contribution in [0.1, 0.15) is 31.1 Å². The summed E-state index contributed by atoms with van der Waals surface area (Å²) in [6.45, 7) is 5.69. The molecule has 0 saturated carbocycles. The van der Waals surface area contributed by atoms with Crippen LogP contribution in [0.15, 0.2) is 33.8 Å². The molecule has 1 aromatic rings. The van der Waals surface area contributed by atoms with Crippen molar-refractivity contribution in [2.24, 2.45) is 11.0 Å². The molecule has 108 valence electrons. The molecule has 0 aliphatic heterocycles. The van der Waals surface area contributed by atoms with Gasteiger partial charge in [-0.15, -0.1) is 0 Å². The Hall–Kier alpha value is -1.69. The SMILES string of the molecule is CC(=NNC(=O)CNC(=O)c1ccccc1Br)C(C)C. The number of nitrogens with one attached hydrogen (secondary N) is 2. The Morgan fingerprint density at radius 2 is 1.95 bits per heavy atom. The van der Waals surface area contributed by atoms with Crippen LogP contribution < -0.4 is 10.7 Å². The third kappa shape index (κ3) is 5.13. The monoisotopic (exact) mass is 339 g/mol. The zero-order valence-electron chi connectivity index (χ0n) is 11.7. The number of carbonyl (C=O) groups excluding carboxylic acids is 2. The number of nitrogens with zero attached hydrogens (tertiary/aromatic N) is 1. The molecule has 2 N–H and O–H groups in total. The number of carbonyl (C=O) groups is 2. The van der Waals surface area contributed by atoms with Gasteiger partial charge in [-0.25, -0.2) is 5.43 Å². The molecule has 0 aliphatic rings. The highest BCUT2D eigenvalue weighted by Crippen LogP contribution is 2.15. The summed E-state index contributed by atoms with van der Waals surface area (Å²) in [7, 11) is 0. The summed E-state index contributed by atoms with van der Waals surface area (Å²) in [6.07, 6.45) is 0. The minimum atomic E-state index is -0.356. The molecule has 1 rings (SSSR count). The highest BCUT2D eigenvalue weighted by molar-refractivity contribution is 9.10. The van der Waals surface area contributed by atoms with Gasteiger partial charge in [0.2, 0.25) is 0 Å². The molecule has 0 atom stereocenters. The van der Waals surface area contributed by atoms with Crippen LogP contribution in [0.4, 0.5) is 0 Å². The van der Waals surface area contributed by atoms with Gasteiger partial charge in [0.15, 0.2) is 0 Å². The van der Waals surface area contributed by atoms with Crippen molar-refractivity contribution in [2.75, 3.05) is 6.54 Å². The first-order valence-electron chi connectivity index (χ1n) is 6.27. The fraction of sp³-hybridized carbons (Fsp3) is 0.357. The zero-order valence-corrected chi connectivity index (χ0v) is 13.3. The Balaban J connectivity index is 2.48. The molecule has 5 nitrogen and oxygen atoms in total. The molecule has 0 saturated heterocycles. The maximum Gasteiger partial charge on any atom is 0.259 e. The second-order valence-electron chi connectivity index (χ2n) is 4.61. The third-order valence-corrected chi connectivity index (χ3v) is 3.41. The van der Waals surface area contributed by atoms with Gasteiger partial charge in [-0.3, -0.25) is 9.59 Å². The third-order valence-electron chi connectivity index (χ3n) is 2.72. The maximum atomic E-state index is 11.9. The van der Waals surface area contributed by atoms with Gasteiger partial charge in [-0.1, -0.05) is 26.0 Å². The highest BCUT2D eigenvalue weighted by Gasteiger charge is 2.10. The molecule has 0 bridgehead atoms. The summed E-state index contributed by atoms with van der Waals surface area (Å²) in [5.74, 6) is -0.396. The van der Waals surface area contributed by atoms with E-state index in [1.807, 2.05) is 26.8 Å². The molecule has 0 aromatic heterocycles. The average molecular weight is 340 g/mol. The number of benzene rings is 1. The van der Waals surface area contributed by atoms with Crippen LogP contribution in [0.5, 0.6) is 0 Å². The van der Waals surface area contributed by atoms with E-state index < -0.39 is 0 Å². The van der Waals surface area contributed by atoms with Crippen LogP contribution in [0.25, 0.3) is 0 Å². The quantitative estimate of drug-likeness (QED) is 0.638. The zero-order chi connectivity index (χ0) is 15.1. The first-order valence-corrected chi connectivity index (χ1v) is 7.07. The smallest absolute Gasteiger partial charge is 0.259 e. The van der Waals surface area contributed by atoms with Crippen molar-refractivity contribution >= 4 is 33.5 Å². The Kier molecular flexibility index (Phi) is 6.38. The van der Waals surface area contributed by atoms with Gasteiger partial charge < -0.3 is 5.32 Å². The Bertz CT molecular complexity index is 527. The molecule has 20 heavy (non-hydrogen) atoms. The number of amides is 2. The first-order chi connectivity index (χ1) is 9.41. The fourth-order valence-corrected chi connectivity index (χ4v) is 1.69. The Morgan fingerprint density at radius 1 is 1.30 bits per heavy atom. The average Bonchev–Trinajstić information content (AvgIpc) is 2.42. The topological polar surface area (TPSA) is 70.6 Å². The van der Waals surface area contributed by atoms with E-state index in [2.05, 4.69) is 31.8 Å². The van der Waals surface area contributed by atoms with Gasteiger partial charge in [0, 0.05) is 10.2 Å². The molecule has 0 aliphatic carbocycles. The number of hydrogen-bond acceptors (Lipinski definition) is 3. The van der Waals surface area contributed by atoms with Crippen molar-refractivity contribution in [3.63, 3.8) is 0 Å². The largest absolute Gasteiger partial charge is 0.343 e. The number of halogens is 1. The molecule has 0 heterocycles. The van der Waals surface area contributed by atoms with E-state index in [1.54, 1.807) is 18.2 Å². The summed E-state index contributed by atoms with van der Waals surface area (Å²) in [5, 5.41) is 6.49. The first kappa shape index (κ1) is 16.4. The second kappa shape index (κ2) is 7.79. The minimum Gasteiger partial charge on any atom is -0.343 e. The molecule has 0 spiro atoms. The van der Waals surface area contributed by atoms with E-state index in [0.29, 0.717) is 10.0 Å². The summed E-state index contributed by atoms with van der Waals surface area (Å²) < 4.78 is 0.687. The van der Waals surface area contributed by atoms with E-state index in [9.17, 15) is 9.59 Å². The van der Waals surface area contributed by atoms with Crippen molar-refractivity contribution in [3.8, 4) is 0 Å². The van der Waals surface area contributed by atoms with E-state index in [1.165, 1.54) is 0 Å². The van der Waals surface area contributed by atoms with Crippen LogP contribution in [0.2, 0.25) is 0 Å². The van der Waals surface area contributed by atoms with Gasteiger partial charge in [0.1, 0.15) is 0 Å². The maximum absolute atomic E-state index is 11.9. The summed E-state index contributed by atoms with van der Waals surface area (Å²) >= 11 is 3.29. The molecule has 0 radical (unpaired) electrons. The van der Waals surface area contributed by atoms with Crippen LogP contribution in [-0.2, 0) is 4.79 Å². The second-order valence-corrected chi connectivity index (χ2v) is 5.46. The highest BCUT2D eigenvalue weighted by atomic mass is 79.9. The lowest BCUT2D eigenvalue weighted by atomic mass is 10.1. The normalized spacial score (nSPS) is 11.3. The van der Waals surface area contributed by atoms with Gasteiger partial charge in [0.25, 0.3) is 11.8 Å². The van der Waals surface area contributed by atoms with Gasteiger partial charge in [-0.05, 0) is 40.9 Å². The minimum absolute atomic E-state index is 0.116. The van der Waals surface area contributed by atoms with Crippen LogP contribution >= 0.6 is 15.9 Å². The van der Waals surface area contributed by atoms with Crippen LogP contribution in [0.3, 0.4) is 0 Å². The van der Waals surface area contributed by atoms with E-state index >= 15 is 0 Å². The lowest BCUT2D eigenvalue weighted by Gasteiger charge is -2.07. The number of hydrazone groups is 1. The van der Waals surface area contributed by atoms with E-state index in [-0.39, 0.29) is 24.3 Å². The molecular formula is C14H18BrN3O2. The summed E-state index contributed by atoms with van der Waals surface area (Å²) in [4.78, 5) is 23.4. The molecule has 2 amide bonds. The fourth-order valence-electron chi connectivity index (χ4n) is 1.22. The molecular weight excluding hydrogens is 322 g/mol. The van der Waals surface area contributed by atoms with Crippen molar-refractivity contribution in [1.82, 2.24) is 10.7 Å². The van der Waals surface area contributed by atoms with Crippen molar-refractivity contribution in [2.45, 2.75) is 20.8 Å². The van der Waals surface area contributed by atoms with E-state index in [4.69, 9.17) is 0 Å². The van der Waals surface area contributed by atoms with Crippen molar-refractivity contribution in [1.29, 1.82) is 0 Å². The Morgan fingerprint density at radius 3 is 2.55 bits per heavy atom. The number of hydrogen-bond donors (Lipinski definition) is 2. The molecule has 0 unspecified atom stereocenters. The lowest BCUT2D eigenvalue weighted by Crippen LogP contribution is -2.35. The predicted octanol–water partition coefficient (Wildman–Crippen LogP) is 2.33. The van der Waals surface area contributed by atoms with Crippen molar-refractivity contribution < 1.29 is 9.59 Å². The Labute approximate surface area is 127 Å².